The van der Waals surface area contributed by atoms with Crippen molar-refractivity contribution < 1.29 is 13.6 Å². The number of carbonyl (C=O) groups excluding carboxylic acids is 1. The van der Waals surface area contributed by atoms with Crippen LogP contribution in [-0.2, 0) is 0 Å². The lowest BCUT2D eigenvalue weighted by molar-refractivity contribution is 0.235. The van der Waals surface area contributed by atoms with Gasteiger partial charge < -0.3 is 15.6 Å². The van der Waals surface area contributed by atoms with Crippen LogP contribution in [0, 0.1) is 11.6 Å². The Bertz CT molecular complexity index is 1320. The molecule has 0 bridgehead atoms. The minimum absolute atomic E-state index is 0.299. The fraction of sp³-hybridized carbons (Fsp3) is 0.353. The monoisotopic (exact) mass is 590 g/mol. The van der Waals surface area contributed by atoms with Gasteiger partial charge in [0.15, 0.2) is 5.16 Å². The van der Waals surface area contributed by atoms with Crippen molar-refractivity contribution in [2.75, 3.05) is 12.3 Å². The Kier molecular flexibility index (Phi) is 12.4. The summed E-state index contributed by atoms with van der Waals surface area (Å²) >= 11 is 1.64. The average molecular weight is 591 g/mol. The van der Waals surface area contributed by atoms with Crippen LogP contribution in [0.1, 0.15) is 69.9 Å². The normalized spacial score (nSPS) is 11.8. The molecule has 0 aliphatic rings. The summed E-state index contributed by atoms with van der Waals surface area (Å²) in [5.74, 6) is -0.476. The molecular weight excluding hydrogens is 550 g/mol. The van der Waals surface area contributed by atoms with Crippen LogP contribution in [0.5, 0.6) is 0 Å². The van der Waals surface area contributed by atoms with Gasteiger partial charge in [-0.1, -0.05) is 118 Å². The zero-order valence-electron chi connectivity index (χ0n) is 24.2. The molecule has 0 spiro atoms. The summed E-state index contributed by atoms with van der Waals surface area (Å²) in [6.45, 7) is 2.74. The summed E-state index contributed by atoms with van der Waals surface area (Å²) in [4.78, 5) is 21.0. The Morgan fingerprint density at radius 1 is 0.881 bits per heavy atom. The number of hydrogen-bond donors (Lipinski definition) is 3. The van der Waals surface area contributed by atoms with Crippen LogP contribution in [0.4, 0.5) is 13.6 Å². The van der Waals surface area contributed by atoms with Gasteiger partial charge in [0.25, 0.3) is 0 Å². The number of urea groups is 1. The summed E-state index contributed by atoms with van der Waals surface area (Å²) in [5.41, 5.74) is 4.32. The van der Waals surface area contributed by atoms with E-state index < -0.39 is 17.7 Å². The van der Waals surface area contributed by atoms with Crippen LogP contribution in [0.25, 0.3) is 22.5 Å². The van der Waals surface area contributed by atoms with Crippen molar-refractivity contribution in [2.24, 2.45) is 0 Å². The van der Waals surface area contributed by atoms with Crippen molar-refractivity contribution in [1.82, 2.24) is 20.6 Å². The molecule has 8 heteroatoms. The molecule has 0 aliphatic heterocycles. The maximum atomic E-state index is 14.7. The predicted octanol–water partition coefficient (Wildman–Crippen LogP) is 9.30. The first kappa shape index (κ1) is 31.3. The molecule has 222 valence electrons. The van der Waals surface area contributed by atoms with Gasteiger partial charge in [-0.3, -0.25) is 0 Å². The lowest BCUT2D eigenvalue weighted by atomic mass is 10.0. The van der Waals surface area contributed by atoms with E-state index in [1.54, 1.807) is 11.8 Å². The zero-order valence-corrected chi connectivity index (χ0v) is 25.0. The standard InChI is InChI=1S/C34H40F2N4OS/c1-2-3-4-5-13-22-37-33(41)38-30(28-21-20-27(35)24-29(28)36)19-12-14-23-42-34-39-31(25-15-8-6-9-16-25)32(40-34)26-17-10-7-11-18-26/h6-11,15-18,20-21,24,30H,2-5,12-14,19,22-23H2,1H3,(H,39,40)(H2,37,38,41). The van der Waals surface area contributed by atoms with E-state index in [1.165, 1.54) is 25.0 Å². The highest BCUT2D eigenvalue weighted by molar-refractivity contribution is 7.99. The second kappa shape index (κ2) is 16.7. The number of carbonyl (C=O) groups is 1. The molecule has 1 aromatic heterocycles. The van der Waals surface area contributed by atoms with E-state index in [-0.39, 0.29) is 6.03 Å². The van der Waals surface area contributed by atoms with Crippen LogP contribution in [0.15, 0.2) is 84.0 Å². The van der Waals surface area contributed by atoms with Gasteiger partial charge in [0.2, 0.25) is 0 Å². The van der Waals surface area contributed by atoms with Gasteiger partial charge in [0.05, 0.1) is 17.4 Å². The number of nitrogens with zero attached hydrogens (tertiary/aromatic N) is 1. The van der Waals surface area contributed by atoms with Gasteiger partial charge in [0.1, 0.15) is 11.6 Å². The largest absolute Gasteiger partial charge is 0.338 e. The summed E-state index contributed by atoms with van der Waals surface area (Å²) in [6.07, 6.45) is 7.62. The summed E-state index contributed by atoms with van der Waals surface area (Å²) in [6, 6.07) is 22.9. The molecule has 0 fully saturated rings. The van der Waals surface area contributed by atoms with Crippen LogP contribution in [0.2, 0.25) is 0 Å². The summed E-state index contributed by atoms with van der Waals surface area (Å²) in [5, 5.41) is 6.64. The number of halogens is 2. The number of unbranched alkanes of at least 4 members (excludes halogenated alkanes) is 5. The molecule has 4 aromatic rings. The number of aromatic nitrogens is 2. The molecule has 0 radical (unpaired) electrons. The Hall–Kier alpha value is -3.65. The molecule has 5 nitrogen and oxygen atoms in total. The van der Waals surface area contributed by atoms with E-state index in [1.807, 2.05) is 36.4 Å². The van der Waals surface area contributed by atoms with E-state index in [9.17, 15) is 13.6 Å². The van der Waals surface area contributed by atoms with Crippen LogP contribution in [0.3, 0.4) is 0 Å². The van der Waals surface area contributed by atoms with Crippen LogP contribution < -0.4 is 10.6 Å². The van der Waals surface area contributed by atoms with Crippen molar-refractivity contribution in [3.63, 3.8) is 0 Å². The number of rotatable bonds is 16. The molecule has 1 atom stereocenters. The Balaban J connectivity index is 1.33. The Morgan fingerprint density at radius 3 is 2.31 bits per heavy atom. The summed E-state index contributed by atoms with van der Waals surface area (Å²) in [7, 11) is 0. The van der Waals surface area contributed by atoms with Crippen molar-refractivity contribution in [2.45, 2.75) is 69.5 Å². The molecule has 1 unspecified atom stereocenters. The first-order valence-electron chi connectivity index (χ1n) is 14.9. The Labute approximate surface area is 251 Å². The second-order valence-electron chi connectivity index (χ2n) is 10.4. The molecule has 0 saturated carbocycles. The van der Waals surface area contributed by atoms with E-state index in [2.05, 4.69) is 46.8 Å². The van der Waals surface area contributed by atoms with Gasteiger partial charge in [0, 0.05) is 35.1 Å². The number of nitrogens with one attached hydrogen (secondary N) is 3. The SMILES string of the molecule is CCCCCCCNC(=O)NC(CCCCSc1nc(-c2ccccc2)c(-c2ccccc2)[nH]1)c1ccc(F)cc1F. The van der Waals surface area contributed by atoms with E-state index in [0.29, 0.717) is 18.5 Å². The number of thioether (sulfide) groups is 1. The lowest BCUT2D eigenvalue weighted by Gasteiger charge is -2.20. The van der Waals surface area contributed by atoms with Crippen molar-refractivity contribution in [1.29, 1.82) is 0 Å². The molecule has 1 heterocycles. The maximum absolute atomic E-state index is 14.7. The number of benzene rings is 3. The lowest BCUT2D eigenvalue weighted by Crippen LogP contribution is -2.38. The highest BCUT2D eigenvalue weighted by Crippen LogP contribution is 2.33. The third kappa shape index (κ3) is 9.44. The van der Waals surface area contributed by atoms with Crippen molar-refractivity contribution >= 4 is 17.8 Å². The molecule has 3 N–H and O–H groups in total. The smallest absolute Gasteiger partial charge is 0.315 e. The number of imidazole rings is 1. The first-order chi connectivity index (χ1) is 20.5. The van der Waals surface area contributed by atoms with Gasteiger partial charge >= 0.3 is 6.03 Å². The maximum Gasteiger partial charge on any atom is 0.315 e. The molecule has 4 rings (SSSR count). The topological polar surface area (TPSA) is 69.8 Å². The molecular formula is C34H40F2N4OS. The van der Waals surface area contributed by atoms with Gasteiger partial charge in [-0.25, -0.2) is 18.6 Å². The fourth-order valence-corrected chi connectivity index (χ4v) is 5.76. The molecule has 0 aliphatic carbocycles. The minimum atomic E-state index is -0.647. The highest BCUT2D eigenvalue weighted by atomic mass is 32.2. The van der Waals surface area contributed by atoms with Crippen molar-refractivity contribution in [3.8, 4) is 22.5 Å². The van der Waals surface area contributed by atoms with Crippen LogP contribution in [-0.4, -0.2) is 28.3 Å². The molecule has 42 heavy (non-hydrogen) atoms. The molecule has 3 aromatic carbocycles. The summed E-state index contributed by atoms with van der Waals surface area (Å²) < 4.78 is 28.2. The fourth-order valence-electron chi connectivity index (χ4n) is 4.89. The minimum Gasteiger partial charge on any atom is -0.338 e. The van der Waals surface area contributed by atoms with E-state index in [0.717, 1.165) is 71.6 Å². The first-order valence-corrected chi connectivity index (χ1v) is 15.9. The number of aromatic amines is 1. The van der Waals surface area contributed by atoms with Crippen molar-refractivity contribution in [3.05, 3.63) is 96.1 Å². The third-order valence-electron chi connectivity index (χ3n) is 7.13. The quantitative estimate of drug-likeness (QED) is 0.0900. The van der Waals surface area contributed by atoms with Gasteiger partial charge in [-0.05, 0) is 25.3 Å². The number of hydrogen-bond acceptors (Lipinski definition) is 3. The number of H-pyrrole nitrogens is 1. The van der Waals surface area contributed by atoms with E-state index >= 15 is 0 Å². The van der Waals surface area contributed by atoms with Crippen LogP contribution >= 0.6 is 11.8 Å². The van der Waals surface area contributed by atoms with Gasteiger partial charge in [-0.15, -0.1) is 0 Å². The van der Waals surface area contributed by atoms with Gasteiger partial charge in [-0.2, -0.15) is 0 Å². The second-order valence-corrected chi connectivity index (χ2v) is 11.5. The number of amides is 2. The molecule has 2 amide bonds. The molecule has 0 saturated heterocycles. The average Bonchev–Trinajstić information content (AvgIpc) is 3.43. The Morgan fingerprint density at radius 2 is 1.60 bits per heavy atom. The predicted molar refractivity (Wildman–Crippen MR) is 168 cm³/mol. The zero-order chi connectivity index (χ0) is 29.6. The van der Waals surface area contributed by atoms with E-state index in [4.69, 9.17) is 4.98 Å². The third-order valence-corrected chi connectivity index (χ3v) is 8.09. The highest BCUT2D eigenvalue weighted by Gasteiger charge is 2.19.